The summed E-state index contributed by atoms with van der Waals surface area (Å²) in [7, 11) is -4.76. The van der Waals surface area contributed by atoms with Crippen LogP contribution < -0.4 is 0 Å². The summed E-state index contributed by atoms with van der Waals surface area (Å²) in [6.07, 6.45) is 69.1. The van der Waals surface area contributed by atoms with Crippen molar-refractivity contribution in [2.24, 2.45) is 0 Å². The van der Waals surface area contributed by atoms with Gasteiger partial charge in [0.05, 0.1) is 19.8 Å². The van der Waals surface area contributed by atoms with Gasteiger partial charge >= 0.3 is 25.7 Å². The van der Waals surface area contributed by atoms with Gasteiger partial charge in [-0.05, 0) is 83.5 Å². The number of carbonyl (C=O) groups excluding carboxylic acids is 3. The smallest absolute Gasteiger partial charge is 0.462 e. The molecule has 3 unspecified atom stereocenters. The van der Waals surface area contributed by atoms with Crippen molar-refractivity contribution in [1.82, 2.24) is 0 Å². The number of hydrogen-bond donors (Lipinski definition) is 2. The largest absolute Gasteiger partial charge is 0.472 e. The van der Waals surface area contributed by atoms with Gasteiger partial charge in [-0.1, -0.05) is 275 Å². The highest BCUT2D eigenvalue weighted by Gasteiger charge is 2.28. The van der Waals surface area contributed by atoms with Gasteiger partial charge in [0, 0.05) is 19.3 Å². The van der Waals surface area contributed by atoms with Crippen molar-refractivity contribution in [2.75, 3.05) is 26.4 Å². The normalized spacial score (nSPS) is 13.5. The Morgan fingerprint density at radius 1 is 0.350 bits per heavy atom. The summed E-state index contributed by atoms with van der Waals surface area (Å²) in [6.45, 7) is 4.65. The Labute approximate surface area is 492 Å². The lowest BCUT2D eigenvalue weighted by Gasteiger charge is -2.21. The molecule has 0 aliphatic heterocycles. The van der Waals surface area contributed by atoms with Crippen LogP contribution in [0.4, 0.5) is 0 Å². The zero-order valence-electron chi connectivity index (χ0n) is 52.1. The molecule has 0 amide bonds. The molecule has 0 rings (SSSR count). The molecule has 0 radical (unpaired) electrons. The van der Waals surface area contributed by atoms with Gasteiger partial charge in [0.25, 0.3) is 0 Å². The van der Waals surface area contributed by atoms with Gasteiger partial charge in [-0.25, -0.2) is 4.57 Å². The minimum atomic E-state index is -4.76. The Morgan fingerprint density at radius 3 is 0.950 bits per heavy atom. The van der Waals surface area contributed by atoms with E-state index in [1.54, 1.807) is 0 Å². The van der Waals surface area contributed by atoms with E-state index in [-0.39, 0.29) is 25.9 Å². The number of carbonyl (C=O) groups is 3. The van der Waals surface area contributed by atoms with Gasteiger partial charge in [-0.15, -0.1) is 0 Å². The van der Waals surface area contributed by atoms with Crippen molar-refractivity contribution in [3.05, 3.63) is 48.6 Å². The molecule has 0 heterocycles. The molecule has 0 bridgehead atoms. The summed E-state index contributed by atoms with van der Waals surface area (Å²) >= 11 is 0. The maximum Gasteiger partial charge on any atom is 0.472 e. The minimum absolute atomic E-state index is 0.163. The predicted molar refractivity (Wildman–Crippen MR) is 335 cm³/mol. The Bertz CT molecular complexity index is 1530. The highest BCUT2D eigenvalue weighted by atomic mass is 31.2. The van der Waals surface area contributed by atoms with E-state index in [1.807, 2.05) is 0 Å². The fourth-order valence-corrected chi connectivity index (χ4v) is 10.4. The Kier molecular flexibility index (Phi) is 60.5. The highest BCUT2D eigenvalue weighted by molar-refractivity contribution is 7.47. The van der Waals surface area contributed by atoms with Crippen molar-refractivity contribution in [3.63, 3.8) is 0 Å². The van der Waals surface area contributed by atoms with E-state index in [0.717, 1.165) is 96.3 Å². The summed E-state index contributed by atoms with van der Waals surface area (Å²) < 4.78 is 39.7. The molecule has 80 heavy (non-hydrogen) atoms. The number of esters is 3. The van der Waals surface area contributed by atoms with Crippen LogP contribution in [0.2, 0.25) is 0 Å². The molecule has 0 aromatic heterocycles. The lowest BCUT2D eigenvalue weighted by molar-refractivity contribution is -0.161. The SMILES string of the molecule is CCCCC/C=C\C/C=C\CCCCCCCCCCCC(=O)OCC(COP(=O)(O)OCC(CO)OC(=O)CCCCCCC/C=C\C/C=C\CCCCC)OC(=O)CCCCCCCCCCCCCCCCCCCCC. The summed E-state index contributed by atoms with van der Waals surface area (Å²) in [5.74, 6) is -1.46. The maximum absolute atomic E-state index is 13.0. The van der Waals surface area contributed by atoms with E-state index in [1.165, 1.54) is 173 Å². The molecule has 0 aliphatic rings. The first-order valence-electron chi connectivity index (χ1n) is 33.5. The van der Waals surface area contributed by atoms with Crippen molar-refractivity contribution < 1.29 is 52.2 Å². The van der Waals surface area contributed by atoms with E-state index in [0.29, 0.717) is 19.3 Å². The topological polar surface area (TPSA) is 155 Å². The van der Waals surface area contributed by atoms with Gasteiger partial charge < -0.3 is 24.2 Å². The molecule has 0 fully saturated rings. The van der Waals surface area contributed by atoms with E-state index in [2.05, 4.69) is 69.4 Å². The minimum Gasteiger partial charge on any atom is -0.462 e. The van der Waals surface area contributed by atoms with Crippen LogP contribution in [0.1, 0.15) is 329 Å². The van der Waals surface area contributed by atoms with E-state index in [9.17, 15) is 28.9 Å². The van der Waals surface area contributed by atoms with Crippen LogP contribution in [-0.2, 0) is 42.2 Å². The van der Waals surface area contributed by atoms with Crippen molar-refractivity contribution in [2.45, 2.75) is 341 Å². The van der Waals surface area contributed by atoms with Gasteiger partial charge in [0.15, 0.2) is 6.10 Å². The summed E-state index contributed by atoms with van der Waals surface area (Å²) in [5, 5.41) is 9.85. The molecule has 0 aliphatic carbocycles. The van der Waals surface area contributed by atoms with Gasteiger partial charge in [-0.3, -0.25) is 23.4 Å². The fourth-order valence-electron chi connectivity index (χ4n) is 9.60. The van der Waals surface area contributed by atoms with Crippen LogP contribution in [-0.4, -0.2) is 66.5 Å². The molecule has 3 atom stereocenters. The van der Waals surface area contributed by atoms with Crippen molar-refractivity contribution >= 4 is 25.7 Å². The molecule has 11 nitrogen and oxygen atoms in total. The molecule has 468 valence electrons. The number of hydrogen-bond acceptors (Lipinski definition) is 10. The molecule has 0 spiro atoms. The summed E-state index contributed by atoms with van der Waals surface area (Å²) in [6, 6.07) is 0. The van der Waals surface area contributed by atoms with Crippen LogP contribution in [0, 0.1) is 0 Å². The average Bonchev–Trinajstić information content (AvgIpc) is 3.45. The van der Waals surface area contributed by atoms with Crippen LogP contribution in [0.3, 0.4) is 0 Å². The predicted octanol–water partition coefficient (Wildman–Crippen LogP) is 20.5. The molecule has 0 aromatic rings. The summed E-state index contributed by atoms with van der Waals surface area (Å²) in [4.78, 5) is 48.8. The number of rotatable bonds is 63. The van der Waals surface area contributed by atoms with Crippen LogP contribution in [0.25, 0.3) is 0 Å². The Hall–Kier alpha value is -2.56. The zero-order valence-corrected chi connectivity index (χ0v) is 53.0. The zero-order chi connectivity index (χ0) is 58.3. The first kappa shape index (κ1) is 77.4. The number of allylic oxidation sites excluding steroid dienone is 8. The number of phosphoric ester groups is 1. The number of ether oxygens (including phenoxy) is 3. The fraction of sp³-hybridized carbons (Fsp3) is 0.838. The number of phosphoric acid groups is 1. The number of unbranched alkanes of at least 4 members (excludes halogenated alkanes) is 38. The third-order valence-corrected chi connectivity index (χ3v) is 15.7. The second-order valence-corrected chi connectivity index (χ2v) is 24.1. The van der Waals surface area contributed by atoms with Crippen molar-refractivity contribution in [1.29, 1.82) is 0 Å². The highest BCUT2D eigenvalue weighted by Crippen LogP contribution is 2.43. The summed E-state index contributed by atoms with van der Waals surface area (Å²) in [5.41, 5.74) is 0. The first-order chi connectivity index (χ1) is 39.2. The molecule has 0 saturated carbocycles. The second-order valence-electron chi connectivity index (χ2n) is 22.6. The number of aliphatic hydroxyl groups is 1. The van der Waals surface area contributed by atoms with E-state index in [4.69, 9.17) is 23.3 Å². The quantitative estimate of drug-likeness (QED) is 0.0197. The Balaban J connectivity index is 4.68. The average molecular weight is 1150 g/mol. The lowest BCUT2D eigenvalue weighted by atomic mass is 10.0. The third kappa shape index (κ3) is 60.0. The van der Waals surface area contributed by atoms with Crippen LogP contribution in [0.5, 0.6) is 0 Å². The molecular weight excluding hydrogens is 1020 g/mol. The van der Waals surface area contributed by atoms with Gasteiger partial charge in [-0.2, -0.15) is 0 Å². The second kappa shape index (κ2) is 62.5. The standard InChI is InChI=1S/C68H125O11P/c1-4-7-10-13-16-19-22-25-28-30-32-34-37-39-42-45-48-51-54-57-66(70)75-61-65(79-68(72)59-56-53-50-47-44-41-38-35-33-31-29-26-23-20-17-14-11-8-5-2)63-77-80(73,74)76-62-64(60-69)78-67(71)58-55-52-49-46-43-40-36-27-24-21-18-15-12-9-6-3/h16,18-19,21,25,27-28,36,64-65,69H,4-15,17,20,22-24,26,29-35,37-63H2,1-3H3,(H,73,74)/b19-16-,21-18-,28-25-,36-27-. The lowest BCUT2D eigenvalue weighted by Crippen LogP contribution is -2.30. The molecule has 0 aromatic carbocycles. The first-order valence-corrected chi connectivity index (χ1v) is 35.0. The van der Waals surface area contributed by atoms with Crippen molar-refractivity contribution in [3.8, 4) is 0 Å². The maximum atomic E-state index is 13.0. The molecular formula is C68H125O11P. The van der Waals surface area contributed by atoms with E-state index < -0.39 is 57.8 Å². The molecule has 2 N–H and O–H groups in total. The molecule has 12 heteroatoms. The molecule has 0 saturated heterocycles. The van der Waals surface area contributed by atoms with Crippen LogP contribution >= 0.6 is 7.82 Å². The monoisotopic (exact) mass is 1150 g/mol. The van der Waals surface area contributed by atoms with Crippen LogP contribution in [0.15, 0.2) is 48.6 Å². The third-order valence-electron chi connectivity index (χ3n) is 14.7. The Morgan fingerprint density at radius 2 is 0.613 bits per heavy atom. The van der Waals surface area contributed by atoms with Gasteiger partial charge in [0.1, 0.15) is 12.7 Å². The van der Waals surface area contributed by atoms with Gasteiger partial charge in [0.2, 0.25) is 0 Å². The number of aliphatic hydroxyl groups excluding tert-OH is 1. The van der Waals surface area contributed by atoms with E-state index >= 15 is 0 Å².